The molecule has 6 nitrogen and oxygen atoms in total. The van der Waals surface area contributed by atoms with Gasteiger partial charge in [-0.1, -0.05) is 22.4 Å². The van der Waals surface area contributed by atoms with Gasteiger partial charge >= 0.3 is 5.97 Å². The molecule has 1 aromatic carbocycles. The molecule has 2 N–H and O–H groups in total. The highest BCUT2D eigenvalue weighted by Crippen LogP contribution is 2.26. The molecule has 2 rings (SSSR count). The van der Waals surface area contributed by atoms with Crippen LogP contribution in [0, 0.1) is 16.0 Å². The standard InChI is InChI=1S/C14H17BrN2O4/c15-13-7-12(17(20)21)5-4-10(13)8-16-11-3-1-2-9(6-11)14(18)19/h4-5,7,9,11,16H,1-3,6,8H2,(H,18,19). The van der Waals surface area contributed by atoms with Gasteiger partial charge in [-0.05, 0) is 30.9 Å². The average molecular weight is 357 g/mol. The highest BCUT2D eigenvalue weighted by Gasteiger charge is 2.26. The first-order chi connectivity index (χ1) is 9.97. The van der Waals surface area contributed by atoms with Crippen LogP contribution in [-0.4, -0.2) is 22.0 Å². The van der Waals surface area contributed by atoms with Gasteiger partial charge in [0.2, 0.25) is 0 Å². The van der Waals surface area contributed by atoms with Crippen LogP contribution < -0.4 is 5.32 Å². The Morgan fingerprint density at radius 1 is 1.48 bits per heavy atom. The number of non-ortho nitro benzene ring substituents is 1. The van der Waals surface area contributed by atoms with Gasteiger partial charge in [0.05, 0.1) is 10.8 Å². The minimum absolute atomic E-state index is 0.0502. The van der Waals surface area contributed by atoms with E-state index >= 15 is 0 Å². The van der Waals surface area contributed by atoms with Gasteiger partial charge in [0.25, 0.3) is 5.69 Å². The molecule has 7 heteroatoms. The number of nitrogens with zero attached hydrogens (tertiary/aromatic N) is 1. The van der Waals surface area contributed by atoms with Crippen LogP contribution in [0.5, 0.6) is 0 Å². The summed E-state index contributed by atoms with van der Waals surface area (Å²) in [4.78, 5) is 21.3. The Hall–Kier alpha value is -1.47. The van der Waals surface area contributed by atoms with Crippen LogP contribution in [0.4, 0.5) is 5.69 Å². The number of aliphatic carboxylic acids is 1. The van der Waals surface area contributed by atoms with Crippen LogP contribution in [0.25, 0.3) is 0 Å². The normalized spacial score (nSPS) is 22.0. The van der Waals surface area contributed by atoms with Crippen molar-refractivity contribution >= 4 is 27.6 Å². The number of halogens is 1. The van der Waals surface area contributed by atoms with Crippen molar-refractivity contribution in [3.05, 3.63) is 38.3 Å². The summed E-state index contributed by atoms with van der Waals surface area (Å²) in [6, 6.07) is 4.86. The summed E-state index contributed by atoms with van der Waals surface area (Å²) >= 11 is 3.34. The number of nitrogens with one attached hydrogen (secondary N) is 1. The van der Waals surface area contributed by atoms with Gasteiger partial charge in [0, 0.05) is 29.2 Å². The van der Waals surface area contributed by atoms with E-state index in [2.05, 4.69) is 21.2 Å². The maximum Gasteiger partial charge on any atom is 0.306 e. The molecule has 1 saturated carbocycles. The van der Waals surface area contributed by atoms with Crippen molar-refractivity contribution in [1.29, 1.82) is 0 Å². The van der Waals surface area contributed by atoms with Crippen LogP contribution in [0.15, 0.2) is 22.7 Å². The zero-order valence-corrected chi connectivity index (χ0v) is 13.0. The number of carboxylic acid groups (broad SMARTS) is 1. The lowest BCUT2D eigenvalue weighted by Gasteiger charge is -2.27. The molecule has 1 fully saturated rings. The fraction of sp³-hybridized carbons (Fsp3) is 0.500. The average Bonchev–Trinajstić information content (AvgIpc) is 2.46. The van der Waals surface area contributed by atoms with Crippen molar-refractivity contribution in [2.24, 2.45) is 5.92 Å². The number of hydrogen-bond donors (Lipinski definition) is 2. The lowest BCUT2D eigenvalue weighted by atomic mass is 9.86. The van der Waals surface area contributed by atoms with Crippen molar-refractivity contribution in [2.75, 3.05) is 0 Å². The summed E-state index contributed by atoms with van der Waals surface area (Å²) in [7, 11) is 0. The summed E-state index contributed by atoms with van der Waals surface area (Å²) in [6.07, 6.45) is 3.26. The summed E-state index contributed by atoms with van der Waals surface area (Å²) < 4.78 is 0.690. The van der Waals surface area contributed by atoms with E-state index in [-0.39, 0.29) is 17.6 Å². The third kappa shape index (κ3) is 4.25. The van der Waals surface area contributed by atoms with E-state index in [0.29, 0.717) is 17.4 Å². The van der Waals surface area contributed by atoms with Crippen molar-refractivity contribution < 1.29 is 14.8 Å². The van der Waals surface area contributed by atoms with Crippen LogP contribution >= 0.6 is 15.9 Å². The molecule has 0 radical (unpaired) electrons. The second kappa shape index (κ2) is 7.00. The Balaban J connectivity index is 1.93. The van der Waals surface area contributed by atoms with Gasteiger partial charge in [-0.25, -0.2) is 0 Å². The topological polar surface area (TPSA) is 92.5 Å². The molecule has 1 aliphatic rings. The lowest BCUT2D eigenvalue weighted by molar-refractivity contribution is -0.384. The molecule has 0 aliphatic heterocycles. The number of carbonyl (C=O) groups is 1. The molecule has 0 amide bonds. The predicted octanol–water partition coefficient (Wildman–Crippen LogP) is 3.09. The van der Waals surface area contributed by atoms with Crippen LogP contribution in [0.2, 0.25) is 0 Å². The van der Waals surface area contributed by atoms with E-state index in [1.54, 1.807) is 6.07 Å². The second-order valence-electron chi connectivity index (χ2n) is 5.31. The van der Waals surface area contributed by atoms with Crippen LogP contribution in [-0.2, 0) is 11.3 Å². The van der Waals surface area contributed by atoms with Crippen molar-refractivity contribution in [3.8, 4) is 0 Å². The molecular weight excluding hydrogens is 340 g/mol. The fourth-order valence-corrected chi connectivity index (χ4v) is 3.15. The SMILES string of the molecule is O=C(O)C1CCCC(NCc2ccc([N+](=O)[O-])cc2Br)C1. The Kier molecular flexibility index (Phi) is 5.30. The minimum atomic E-state index is -0.724. The Labute approximate surface area is 130 Å². The Morgan fingerprint density at radius 2 is 2.24 bits per heavy atom. The number of nitro benzene ring substituents is 1. The molecule has 0 aromatic heterocycles. The molecule has 21 heavy (non-hydrogen) atoms. The molecule has 0 bridgehead atoms. The minimum Gasteiger partial charge on any atom is -0.481 e. The molecule has 1 aliphatic carbocycles. The largest absolute Gasteiger partial charge is 0.481 e. The van der Waals surface area contributed by atoms with E-state index < -0.39 is 10.9 Å². The molecule has 2 atom stereocenters. The van der Waals surface area contributed by atoms with Crippen molar-refractivity contribution in [2.45, 2.75) is 38.3 Å². The molecule has 0 spiro atoms. The molecule has 114 valence electrons. The van der Waals surface area contributed by atoms with Gasteiger partial charge in [0.1, 0.15) is 0 Å². The van der Waals surface area contributed by atoms with Crippen LogP contribution in [0.3, 0.4) is 0 Å². The monoisotopic (exact) mass is 356 g/mol. The van der Waals surface area contributed by atoms with Crippen molar-refractivity contribution in [3.63, 3.8) is 0 Å². The first-order valence-electron chi connectivity index (χ1n) is 6.86. The quantitative estimate of drug-likeness (QED) is 0.624. The highest BCUT2D eigenvalue weighted by molar-refractivity contribution is 9.10. The third-order valence-electron chi connectivity index (χ3n) is 3.85. The van der Waals surface area contributed by atoms with Gasteiger partial charge < -0.3 is 10.4 Å². The maximum atomic E-state index is 11.0. The zero-order valence-electron chi connectivity index (χ0n) is 11.4. The molecule has 0 heterocycles. The number of carboxylic acids is 1. The van der Waals surface area contributed by atoms with E-state index in [1.807, 2.05) is 0 Å². The molecule has 1 aromatic rings. The smallest absolute Gasteiger partial charge is 0.306 e. The summed E-state index contributed by atoms with van der Waals surface area (Å²) in [5, 5.41) is 23.1. The summed E-state index contributed by atoms with van der Waals surface area (Å²) in [6.45, 7) is 0.565. The first kappa shape index (κ1) is 15.9. The Morgan fingerprint density at radius 3 is 2.86 bits per heavy atom. The first-order valence-corrected chi connectivity index (χ1v) is 7.65. The van der Waals surface area contributed by atoms with Gasteiger partial charge in [0.15, 0.2) is 0 Å². The molecular formula is C14H17BrN2O4. The number of rotatable bonds is 5. The number of nitro groups is 1. The zero-order chi connectivity index (χ0) is 15.4. The highest BCUT2D eigenvalue weighted by atomic mass is 79.9. The van der Waals surface area contributed by atoms with Crippen LogP contribution in [0.1, 0.15) is 31.2 Å². The van der Waals surface area contributed by atoms with Crippen molar-refractivity contribution in [1.82, 2.24) is 5.32 Å². The van der Waals surface area contributed by atoms with E-state index in [0.717, 1.165) is 24.8 Å². The molecule has 2 unspecified atom stereocenters. The lowest BCUT2D eigenvalue weighted by Crippen LogP contribution is -2.36. The molecule has 0 saturated heterocycles. The fourth-order valence-electron chi connectivity index (χ4n) is 2.65. The number of hydrogen-bond acceptors (Lipinski definition) is 4. The summed E-state index contributed by atoms with van der Waals surface area (Å²) in [5.74, 6) is -0.991. The van der Waals surface area contributed by atoms with Gasteiger partial charge in [-0.15, -0.1) is 0 Å². The number of benzene rings is 1. The second-order valence-corrected chi connectivity index (χ2v) is 6.17. The van der Waals surface area contributed by atoms with E-state index in [9.17, 15) is 14.9 Å². The predicted molar refractivity (Wildman–Crippen MR) is 81.0 cm³/mol. The third-order valence-corrected chi connectivity index (χ3v) is 4.59. The van der Waals surface area contributed by atoms with E-state index in [4.69, 9.17) is 5.11 Å². The van der Waals surface area contributed by atoms with Gasteiger partial charge in [-0.3, -0.25) is 14.9 Å². The summed E-state index contributed by atoms with van der Waals surface area (Å²) in [5.41, 5.74) is 0.979. The van der Waals surface area contributed by atoms with Gasteiger partial charge in [-0.2, -0.15) is 0 Å². The van der Waals surface area contributed by atoms with E-state index in [1.165, 1.54) is 12.1 Å². The Bertz CT molecular complexity index is 550. The maximum absolute atomic E-state index is 11.0.